The number of aliphatic hydroxyl groups excluding tert-OH is 1. The Balaban J connectivity index is 1.03. The van der Waals surface area contributed by atoms with E-state index in [2.05, 4.69) is 73.1 Å². The molecule has 37 heteroatoms. The van der Waals surface area contributed by atoms with Crippen molar-refractivity contribution in [3.63, 3.8) is 0 Å². The van der Waals surface area contributed by atoms with Crippen LogP contribution in [0.3, 0.4) is 0 Å². The molecule has 0 radical (unpaired) electrons. The van der Waals surface area contributed by atoms with Crippen molar-refractivity contribution in [1.82, 2.24) is 82.9 Å². The third kappa shape index (κ3) is 26.7. The number of carbonyl (C=O) groups excluding carboxylic acids is 14. The van der Waals surface area contributed by atoms with E-state index in [4.69, 9.17) is 22.9 Å². The number of aromatic nitrogens is 4. The molecule has 5 heterocycles. The highest BCUT2D eigenvalue weighted by Gasteiger charge is 2.43. The van der Waals surface area contributed by atoms with Crippen LogP contribution in [0.4, 0.5) is 0 Å². The highest BCUT2D eigenvalue weighted by Crippen LogP contribution is 2.25. The molecule has 3 aromatic heterocycles. The Kier molecular flexibility index (Phi) is 34.8. The van der Waals surface area contributed by atoms with Gasteiger partial charge in [-0.3, -0.25) is 67.1 Å². The van der Waals surface area contributed by atoms with E-state index in [-0.39, 0.29) is 109 Å². The van der Waals surface area contributed by atoms with Gasteiger partial charge in [-0.15, -0.1) is 0 Å². The number of likely N-dealkylation sites (tertiary alicyclic amines) is 2. The Morgan fingerprint density at radius 3 is 1.47 bits per heavy atom. The van der Waals surface area contributed by atoms with E-state index >= 15 is 4.79 Å². The van der Waals surface area contributed by atoms with Gasteiger partial charge >= 0.3 is 5.97 Å². The Labute approximate surface area is 659 Å². The van der Waals surface area contributed by atoms with Crippen LogP contribution in [0.2, 0.25) is 0 Å². The number of unbranched alkanes of at least 4 members (excludes halogenated alkanes) is 2. The SMILES string of the molecule is CCCC[C@H](NC(=O)[C@@H]1CCCN1C(=O)[C@H](CCC(N)=O)NC(=O)CNC(=O)[C@@H]1CCCN1C(=O)[C@H](CCCCN)NC(=O)[C@H](CC(C)C)NC(=O)[C@H](CCC(N)=O)NC(=O)[C@H](CC(C)C)NC(=O)[C@H](Cc1c[nH]c2ccccc12)NC(=O)[C@H](Cc1cnc[nH]1)NC(=O)[C@@H](N)Cc1c[nH]c2ccccc12)C(=O)N[C@@H](CO)C(=O)O. The van der Waals surface area contributed by atoms with Gasteiger partial charge in [0.15, 0.2) is 0 Å². The zero-order valence-electron chi connectivity index (χ0n) is 65.2. The number of imidazole rings is 1. The third-order valence-electron chi connectivity index (χ3n) is 20.0. The third-order valence-corrected chi connectivity index (χ3v) is 20.0. The summed E-state index contributed by atoms with van der Waals surface area (Å²) in [6.07, 6.45) is 7.38. The lowest BCUT2D eigenvalue weighted by molar-refractivity contribution is -0.144. The van der Waals surface area contributed by atoms with Gasteiger partial charge in [-0.05, 0) is 125 Å². The van der Waals surface area contributed by atoms with Crippen molar-refractivity contribution >= 4 is 110 Å². The van der Waals surface area contributed by atoms with Crippen LogP contribution in [0.5, 0.6) is 0 Å². The van der Waals surface area contributed by atoms with Gasteiger partial charge in [-0.2, -0.15) is 0 Å². The van der Waals surface area contributed by atoms with Crippen molar-refractivity contribution in [3.8, 4) is 0 Å². The van der Waals surface area contributed by atoms with E-state index in [9.17, 15) is 77.3 Å². The molecular weight excluding hydrogens is 1480 g/mol. The number of carboxylic acid groups (broad SMARTS) is 1. The fraction of sp³-hybridized carbons (Fsp3) is 0.558. The molecule has 37 nitrogen and oxygen atoms in total. The second-order valence-electron chi connectivity index (χ2n) is 29.9. The molecule has 2 fully saturated rings. The molecular formula is C77H112N20O17. The molecule has 2 aromatic carbocycles. The Morgan fingerprint density at radius 1 is 0.518 bits per heavy atom. The molecule has 0 bridgehead atoms. The van der Waals surface area contributed by atoms with Gasteiger partial charge in [0.25, 0.3) is 0 Å². The number of primary amides is 2. The van der Waals surface area contributed by atoms with Gasteiger partial charge in [-0.1, -0.05) is 83.9 Å². The maximum Gasteiger partial charge on any atom is 0.328 e. The van der Waals surface area contributed by atoms with E-state index in [0.29, 0.717) is 49.8 Å². The van der Waals surface area contributed by atoms with E-state index < -0.39 is 181 Å². The van der Waals surface area contributed by atoms with E-state index in [1.54, 1.807) is 46.2 Å². The Morgan fingerprint density at radius 2 is 0.965 bits per heavy atom. The van der Waals surface area contributed by atoms with Crippen LogP contribution in [0.25, 0.3) is 21.8 Å². The first-order chi connectivity index (χ1) is 54.4. The van der Waals surface area contributed by atoms with Crippen LogP contribution in [-0.2, 0) is 91.2 Å². The molecule has 0 aliphatic carbocycles. The molecule has 23 N–H and O–H groups in total. The molecule has 2 saturated heterocycles. The number of nitrogens with two attached hydrogens (primary N) is 4. The number of hydrogen-bond acceptors (Lipinski definition) is 19. The summed E-state index contributed by atoms with van der Waals surface area (Å²) >= 11 is 0. The maximum absolute atomic E-state index is 15.0. The largest absolute Gasteiger partial charge is 0.480 e. The van der Waals surface area contributed by atoms with Gasteiger partial charge in [0.2, 0.25) is 82.7 Å². The van der Waals surface area contributed by atoms with Crippen LogP contribution < -0.4 is 76.1 Å². The summed E-state index contributed by atoms with van der Waals surface area (Å²) in [7, 11) is 0. The summed E-state index contributed by atoms with van der Waals surface area (Å²) in [4.78, 5) is 224. The van der Waals surface area contributed by atoms with Crippen LogP contribution in [0, 0.1) is 11.8 Å². The van der Waals surface area contributed by atoms with Crippen molar-refractivity contribution in [1.29, 1.82) is 0 Å². The van der Waals surface area contributed by atoms with Gasteiger partial charge < -0.3 is 111 Å². The number of nitrogens with one attached hydrogen (secondary N) is 13. The fourth-order valence-electron chi connectivity index (χ4n) is 14.0. The number of benzene rings is 2. The normalized spacial score (nSPS) is 16.7. The van der Waals surface area contributed by atoms with E-state index in [1.165, 1.54) is 22.3 Å². The minimum atomic E-state index is -1.65. The number of fused-ring (bicyclic) bond motifs is 2. The predicted octanol–water partition coefficient (Wildman–Crippen LogP) is -1.79. The summed E-state index contributed by atoms with van der Waals surface area (Å²) in [5.74, 6) is -13.5. The second-order valence-corrected chi connectivity index (χ2v) is 29.9. The zero-order chi connectivity index (χ0) is 83.3. The predicted molar refractivity (Wildman–Crippen MR) is 417 cm³/mol. The van der Waals surface area contributed by atoms with Crippen LogP contribution in [0.15, 0.2) is 73.4 Å². The summed E-state index contributed by atoms with van der Waals surface area (Å²) in [6, 6.07) is -1.47. The number of aliphatic carboxylic acids is 1. The number of aliphatic hydroxyl groups is 1. The fourth-order valence-corrected chi connectivity index (χ4v) is 14.0. The van der Waals surface area contributed by atoms with E-state index in [0.717, 1.165) is 27.4 Å². The highest BCUT2D eigenvalue weighted by atomic mass is 16.4. The lowest BCUT2D eigenvalue weighted by Crippen LogP contribution is -2.61. The first kappa shape index (κ1) is 89.9. The highest BCUT2D eigenvalue weighted by molar-refractivity contribution is 6.00. The second kappa shape index (κ2) is 44.2. The number of nitrogens with zero attached hydrogens (tertiary/aromatic N) is 3. The number of carboxylic acids is 1. The average Bonchev–Trinajstić information content (AvgIpc) is 1.64. The molecule has 0 spiro atoms. The molecule has 5 aromatic rings. The minimum absolute atomic E-state index is 0.0148. The standard InChI is InChI=1S/C77H112N20O17/c1-6-7-18-52(67(103)95-60(40-98)77(113)114)89-74(110)62-23-15-30-97(62)76(112)55(25-27-64(81)100)87-65(101)39-85-73(109)61-22-14-29-96(61)75(111)54(21-12-13-28-78)90-70(106)57(32-43(4)5)92-68(104)53(24-26-63(80)99)88-69(105)56(31-42(2)3)93-71(107)58(34-45-37-84-51-20-11-9-17-48(45)51)94-72(108)59(35-46-38-82-41-86-46)91-66(102)49(79)33-44-36-83-50-19-10-8-16-47(44)50/h8-11,16-17,19-20,36-38,41-43,49,52-62,83-84,98H,6-7,12-15,18,21-35,39-40,78-79H2,1-5H3,(H2,80,99)(H2,81,100)(H,82,86)(H,85,109)(H,87,101)(H,88,105)(H,89,110)(H,90,106)(H,91,102)(H,92,104)(H,93,107)(H,94,108)(H,95,103)(H,113,114)/t49-,52-,53-,54-,55-,56-,57-,58-,59-,60-,61-,62-/m0/s1. The summed E-state index contributed by atoms with van der Waals surface area (Å²) in [5.41, 5.74) is 26.9. The Hall–Kier alpha value is -11.3. The first-order valence-electron chi connectivity index (χ1n) is 38.9. The number of carbonyl (C=O) groups is 15. The minimum Gasteiger partial charge on any atom is -0.480 e. The quantitative estimate of drug-likeness (QED) is 0.0191. The van der Waals surface area contributed by atoms with Crippen molar-refractivity contribution < 1.29 is 82.1 Å². The lowest BCUT2D eigenvalue weighted by Gasteiger charge is -2.31. The molecule has 114 heavy (non-hydrogen) atoms. The van der Waals surface area contributed by atoms with E-state index in [1.807, 2.05) is 49.4 Å². The molecule has 14 amide bonds. The summed E-state index contributed by atoms with van der Waals surface area (Å²) in [6.45, 7) is 7.56. The zero-order valence-corrected chi connectivity index (χ0v) is 65.2. The number of para-hydroxylation sites is 2. The first-order valence-corrected chi connectivity index (χ1v) is 38.9. The molecule has 0 saturated carbocycles. The number of hydrogen-bond donors (Lipinski definition) is 19. The van der Waals surface area contributed by atoms with Crippen molar-refractivity contribution in [3.05, 3.63) is 90.3 Å². The number of aromatic amines is 3. The van der Waals surface area contributed by atoms with Gasteiger partial charge in [-0.25, -0.2) is 9.78 Å². The average molecular weight is 1590 g/mol. The molecule has 2 aliphatic rings. The smallest absolute Gasteiger partial charge is 0.328 e. The lowest BCUT2D eigenvalue weighted by atomic mass is 9.99. The van der Waals surface area contributed by atoms with Gasteiger partial charge in [0.1, 0.15) is 66.5 Å². The molecule has 622 valence electrons. The van der Waals surface area contributed by atoms with Crippen molar-refractivity contribution in [2.24, 2.45) is 34.8 Å². The number of rotatable bonds is 47. The van der Waals surface area contributed by atoms with Crippen LogP contribution in [-0.4, -0.2) is 234 Å². The molecule has 2 aliphatic heterocycles. The van der Waals surface area contributed by atoms with Crippen LogP contribution >= 0.6 is 0 Å². The molecule has 0 unspecified atom stereocenters. The molecule has 12 atom stereocenters. The van der Waals surface area contributed by atoms with Crippen molar-refractivity contribution in [2.45, 2.75) is 229 Å². The summed E-state index contributed by atoms with van der Waals surface area (Å²) < 4.78 is 0. The van der Waals surface area contributed by atoms with Crippen LogP contribution in [0.1, 0.15) is 154 Å². The maximum atomic E-state index is 15.0. The molecule has 7 rings (SSSR count). The van der Waals surface area contributed by atoms with Crippen molar-refractivity contribution in [2.75, 3.05) is 32.8 Å². The number of H-pyrrole nitrogens is 3. The Bertz CT molecular complexity index is 4160. The monoisotopic (exact) mass is 1590 g/mol. The van der Waals surface area contributed by atoms with Gasteiger partial charge in [0, 0.05) is 84.9 Å². The summed E-state index contributed by atoms with van der Waals surface area (Å²) in [5, 5.41) is 46.9. The number of amides is 14. The van der Waals surface area contributed by atoms with Gasteiger partial charge in [0.05, 0.1) is 25.5 Å². The topological polar surface area (TPSA) is 588 Å².